The Morgan fingerprint density at radius 3 is 2.54 bits per heavy atom. The first-order valence-electron chi connectivity index (χ1n) is 9.42. The molecule has 0 amide bonds. The molecule has 2 heterocycles. The van der Waals surface area contributed by atoms with Crippen LogP contribution in [0.4, 0.5) is 0 Å². The number of benzene rings is 2. The average molecular weight is 377 g/mol. The lowest BCUT2D eigenvalue weighted by Crippen LogP contribution is -2.17. The maximum Gasteiger partial charge on any atom is 0.185 e. The van der Waals surface area contributed by atoms with Gasteiger partial charge in [0.1, 0.15) is 30.9 Å². The topological polar surface area (TPSA) is 79.0 Å². The van der Waals surface area contributed by atoms with Crippen molar-refractivity contribution in [2.75, 3.05) is 13.2 Å². The molecule has 1 unspecified atom stereocenters. The second kappa shape index (κ2) is 8.71. The molecule has 28 heavy (non-hydrogen) atoms. The van der Waals surface area contributed by atoms with E-state index in [1.165, 1.54) is 0 Å². The first-order chi connectivity index (χ1) is 13.8. The third kappa shape index (κ3) is 4.78. The van der Waals surface area contributed by atoms with Crippen molar-refractivity contribution >= 4 is 16.8 Å². The third-order valence-corrected chi connectivity index (χ3v) is 4.40. The van der Waals surface area contributed by atoms with Gasteiger partial charge in [-0.05, 0) is 42.8 Å². The molecule has 2 N–H and O–H groups in total. The predicted octanol–water partition coefficient (Wildman–Crippen LogP) is 3.69. The van der Waals surface area contributed by atoms with Gasteiger partial charge in [-0.3, -0.25) is 0 Å². The summed E-state index contributed by atoms with van der Waals surface area (Å²) in [5.41, 5.74) is 7.54. The molecule has 144 valence electrons. The van der Waals surface area contributed by atoms with Gasteiger partial charge in [-0.15, -0.1) is 0 Å². The number of hydrogen-bond donors (Lipinski definition) is 1. The number of para-hydroxylation sites is 1. The van der Waals surface area contributed by atoms with Crippen LogP contribution in [-0.4, -0.2) is 30.3 Å². The zero-order chi connectivity index (χ0) is 19.2. The molecule has 4 rings (SSSR count). The first kappa shape index (κ1) is 18.3. The molecule has 1 atom stereocenters. The molecule has 0 aliphatic carbocycles. The molecule has 1 aliphatic heterocycles. The van der Waals surface area contributed by atoms with Gasteiger partial charge in [-0.1, -0.05) is 24.3 Å². The first-order valence-corrected chi connectivity index (χ1v) is 9.42. The van der Waals surface area contributed by atoms with Crippen molar-refractivity contribution in [3.05, 3.63) is 66.4 Å². The van der Waals surface area contributed by atoms with Crippen molar-refractivity contribution < 1.29 is 14.2 Å². The summed E-state index contributed by atoms with van der Waals surface area (Å²) in [5.74, 6) is 2.31. The molecule has 0 bridgehead atoms. The Bertz CT molecular complexity index is 957. The highest BCUT2D eigenvalue weighted by atomic mass is 16.5. The van der Waals surface area contributed by atoms with Gasteiger partial charge >= 0.3 is 0 Å². The summed E-state index contributed by atoms with van der Waals surface area (Å²) >= 11 is 0. The predicted molar refractivity (Wildman–Crippen MR) is 109 cm³/mol. The quantitative estimate of drug-likeness (QED) is 0.606. The fourth-order valence-corrected chi connectivity index (χ4v) is 2.97. The van der Waals surface area contributed by atoms with Crippen molar-refractivity contribution in [2.24, 2.45) is 10.7 Å². The van der Waals surface area contributed by atoms with Gasteiger partial charge < -0.3 is 19.9 Å². The summed E-state index contributed by atoms with van der Waals surface area (Å²) in [5, 5.41) is 1.13. The SMILES string of the molecule is NC1COC(CCCOc2ccc(OCc3ccc4ccccc4n3)cc2)=N1. The standard InChI is InChI=1S/C22H23N3O3/c23-21-15-28-22(25-21)6-3-13-26-18-9-11-19(12-10-18)27-14-17-8-7-16-4-1-2-5-20(16)24-17/h1-2,4-5,7-12,21H,3,6,13-15,23H2. The van der Waals surface area contributed by atoms with E-state index in [0.717, 1.165) is 46.8 Å². The number of fused-ring (bicyclic) bond motifs is 1. The minimum Gasteiger partial charge on any atom is -0.494 e. The summed E-state index contributed by atoms with van der Waals surface area (Å²) in [4.78, 5) is 8.82. The van der Waals surface area contributed by atoms with Crippen LogP contribution >= 0.6 is 0 Å². The van der Waals surface area contributed by atoms with E-state index in [2.05, 4.69) is 22.1 Å². The van der Waals surface area contributed by atoms with Gasteiger partial charge in [0.2, 0.25) is 0 Å². The molecule has 0 saturated heterocycles. The molecular weight excluding hydrogens is 354 g/mol. The Balaban J connectivity index is 1.23. The fraction of sp³-hybridized carbons (Fsp3) is 0.273. The molecular formula is C22H23N3O3. The van der Waals surface area contributed by atoms with E-state index in [1.807, 2.05) is 48.5 Å². The van der Waals surface area contributed by atoms with E-state index in [0.29, 0.717) is 19.8 Å². The fourth-order valence-electron chi connectivity index (χ4n) is 2.97. The maximum absolute atomic E-state index is 5.84. The van der Waals surface area contributed by atoms with Crippen LogP contribution in [0.5, 0.6) is 11.5 Å². The normalized spacial score (nSPS) is 15.9. The van der Waals surface area contributed by atoms with Crippen LogP contribution in [0.3, 0.4) is 0 Å². The molecule has 0 saturated carbocycles. The molecule has 6 nitrogen and oxygen atoms in total. The van der Waals surface area contributed by atoms with Crippen molar-refractivity contribution in [3.63, 3.8) is 0 Å². The molecule has 2 aromatic carbocycles. The molecule has 6 heteroatoms. The number of nitrogens with two attached hydrogens (primary N) is 1. The Labute approximate surface area is 164 Å². The second-order valence-corrected chi connectivity index (χ2v) is 6.61. The van der Waals surface area contributed by atoms with Gasteiger partial charge in [0.25, 0.3) is 0 Å². The summed E-state index contributed by atoms with van der Waals surface area (Å²) < 4.78 is 17.0. The number of pyridine rings is 1. The molecule has 1 aromatic heterocycles. The van der Waals surface area contributed by atoms with E-state index in [4.69, 9.17) is 19.9 Å². The molecule has 0 fully saturated rings. The van der Waals surface area contributed by atoms with Crippen LogP contribution in [0.15, 0.2) is 65.7 Å². The van der Waals surface area contributed by atoms with Crippen molar-refractivity contribution in [2.45, 2.75) is 25.6 Å². The number of aromatic nitrogens is 1. The summed E-state index contributed by atoms with van der Waals surface area (Å²) in [6.45, 7) is 1.50. The van der Waals surface area contributed by atoms with E-state index >= 15 is 0 Å². The molecule has 0 spiro atoms. The molecule has 0 radical (unpaired) electrons. The Hall–Kier alpha value is -3.12. The van der Waals surface area contributed by atoms with Crippen LogP contribution in [0.1, 0.15) is 18.5 Å². The van der Waals surface area contributed by atoms with Gasteiger partial charge in [0.15, 0.2) is 5.90 Å². The largest absolute Gasteiger partial charge is 0.494 e. The van der Waals surface area contributed by atoms with Crippen LogP contribution < -0.4 is 15.2 Å². The van der Waals surface area contributed by atoms with Gasteiger partial charge in [-0.2, -0.15) is 0 Å². The van der Waals surface area contributed by atoms with Gasteiger partial charge in [0, 0.05) is 11.8 Å². The highest BCUT2D eigenvalue weighted by molar-refractivity contribution is 5.78. The van der Waals surface area contributed by atoms with E-state index in [1.54, 1.807) is 0 Å². The Morgan fingerprint density at radius 2 is 1.75 bits per heavy atom. The summed E-state index contributed by atoms with van der Waals surface area (Å²) in [6, 6.07) is 19.7. The summed E-state index contributed by atoms with van der Waals surface area (Å²) in [6.07, 6.45) is 1.36. The van der Waals surface area contributed by atoms with E-state index in [-0.39, 0.29) is 6.17 Å². The molecule has 1 aliphatic rings. The van der Waals surface area contributed by atoms with E-state index < -0.39 is 0 Å². The number of aliphatic imine (C=N–C) groups is 1. The number of ether oxygens (including phenoxy) is 3. The maximum atomic E-state index is 5.84. The van der Waals surface area contributed by atoms with Gasteiger partial charge in [0.05, 0.1) is 17.8 Å². The van der Waals surface area contributed by atoms with Crippen LogP contribution in [0, 0.1) is 0 Å². The smallest absolute Gasteiger partial charge is 0.185 e. The lowest BCUT2D eigenvalue weighted by Gasteiger charge is -2.09. The number of nitrogens with zero attached hydrogens (tertiary/aromatic N) is 2. The van der Waals surface area contributed by atoms with Crippen LogP contribution in [0.2, 0.25) is 0 Å². The monoisotopic (exact) mass is 377 g/mol. The number of rotatable bonds is 8. The van der Waals surface area contributed by atoms with Crippen LogP contribution in [0.25, 0.3) is 10.9 Å². The highest BCUT2D eigenvalue weighted by Crippen LogP contribution is 2.19. The lowest BCUT2D eigenvalue weighted by molar-refractivity contribution is 0.289. The number of hydrogen-bond acceptors (Lipinski definition) is 6. The van der Waals surface area contributed by atoms with Crippen molar-refractivity contribution in [1.82, 2.24) is 4.98 Å². The average Bonchev–Trinajstić information content (AvgIpc) is 3.15. The van der Waals surface area contributed by atoms with Gasteiger partial charge in [-0.25, -0.2) is 9.98 Å². The second-order valence-electron chi connectivity index (χ2n) is 6.61. The molecule has 3 aromatic rings. The lowest BCUT2D eigenvalue weighted by atomic mass is 10.2. The Kier molecular flexibility index (Phi) is 5.68. The zero-order valence-electron chi connectivity index (χ0n) is 15.6. The van der Waals surface area contributed by atoms with Crippen molar-refractivity contribution in [1.29, 1.82) is 0 Å². The highest BCUT2D eigenvalue weighted by Gasteiger charge is 2.13. The summed E-state index contributed by atoms with van der Waals surface area (Å²) in [7, 11) is 0. The van der Waals surface area contributed by atoms with Crippen molar-refractivity contribution in [3.8, 4) is 11.5 Å². The Morgan fingerprint density at radius 1 is 0.964 bits per heavy atom. The zero-order valence-corrected chi connectivity index (χ0v) is 15.6. The third-order valence-electron chi connectivity index (χ3n) is 4.40. The minimum atomic E-state index is -0.215. The van der Waals surface area contributed by atoms with E-state index in [9.17, 15) is 0 Å². The minimum absolute atomic E-state index is 0.215. The van der Waals surface area contributed by atoms with Crippen LogP contribution in [-0.2, 0) is 11.3 Å².